The lowest BCUT2D eigenvalue weighted by Crippen LogP contribution is -2.54. The predicted molar refractivity (Wildman–Crippen MR) is 165 cm³/mol. The molecule has 4 saturated carbocycles. The van der Waals surface area contributed by atoms with Crippen molar-refractivity contribution in [3.05, 3.63) is 0 Å². The molecule has 39 heavy (non-hydrogen) atoms. The Bertz CT molecular complexity index is 773. The van der Waals surface area contributed by atoms with Crippen LogP contribution < -0.4 is 0 Å². The monoisotopic (exact) mass is 543 g/mol. The summed E-state index contributed by atoms with van der Waals surface area (Å²) >= 11 is 0. The second kappa shape index (κ2) is 13.6. The number of hydrogen-bond acceptors (Lipinski definition) is 2. The van der Waals surface area contributed by atoms with Crippen molar-refractivity contribution in [3.63, 3.8) is 0 Å². The van der Waals surface area contributed by atoms with E-state index in [4.69, 9.17) is 4.74 Å². The lowest BCUT2D eigenvalue weighted by molar-refractivity contribution is -0.162. The third-order valence-corrected chi connectivity index (χ3v) is 13.6. The first-order valence-corrected chi connectivity index (χ1v) is 17.8. The Hall–Kier alpha value is -0.530. The summed E-state index contributed by atoms with van der Waals surface area (Å²) < 4.78 is 6.08. The maximum Gasteiger partial charge on any atom is 0.306 e. The van der Waals surface area contributed by atoms with Gasteiger partial charge in [0.2, 0.25) is 0 Å². The largest absolute Gasteiger partial charge is 0.462 e. The molecule has 2 nitrogen and oxygen atoms in total. The standard InChI is InChI=1S/C37H66O2/c1-8-10-11-12-13-14-35(38)39-30-21-23-36(6)29(25-30)17-18-31-33-20-19-32(37(33,7)24-22-34(31)36)27(5)15-16-28(9-2)26(3)4/h26-34H,8-25H2,1-7H3/t27-,28-,29?,30?,31+,32-,33+,34+,36+,37-/m1/s1. The van der Waals surface area contributed by atoms with Crippen molar-refractivity contribution in [2.75, 3.05) is 0 Å². The van der Waals surface area contributed by atoms with Gasteiger partial charge in [-0.3, -0.25) is 4.79 Å². The number of carbonyl (C=O) groups excluding carboxylic acids is 1. The van der Waals surface area contributed by atoms with Crippen LogP contribution in [0.15, 0.2) is 0 Å². The summed E-state index contributed by atoms with van der Waals surface area (Å²) in [5.41, 5.74) is 1.05. The highest BCUT2D eigenvalue weighted by molar-refractivity contribution is 5.69. The first-order valence-electron chi connectivity index (χ1n) is 17.8. The van der Waals surface area contributed by atoms with E-state index >= 15 is 0 Å². The molecule has 4 aliphatic rings. The van der Waals surface area contributed by atoms with Crippen molar-refractivity contribution >= 4 is 5.97 Å². The van der Waals surface area contributed by atoms with Gasteiger partial charge in [-0.1, -0.05) is 87.0 Å². The van der Waals surface area contributed by atoms with Crippen molar-refractivity contribution in [1.29, 1.82) is 0 Å². The maximum atomic E-state index is 12.6. The van der Waals surface area contributed by atoms with Gasteiger partial charge in [0.1, 0.15) is 6.10 Å². The number of ether oxygens (including phenoxy) is 1. The fourth-order valence-electron chi connectivity index (χ4n) is 11.1. The van der Waals surface area contributed by atoms with E-state index in [1.165, 1.54) is 89.9 Å². The Morgan fingerprint density at radius 1 is 0.821 bits per heavy atom. The molecule has 0 aromatic heterocycles. The lowest BCUT2D eigenvalue weighted by Gasteiger charge is -2.61. The van der Waals surface area contributed by atoms with Crippen LogP contribution in [0.1, 0.15) is 164 Å². The molecule has 0 aliphatic heterocycles. The van der Waals surface area contributed by atoms with E-state index in [1.54, 1.807) is 0 Å². The number of esters is 1. The van der Waals surface area contributed by atoms with Crippen LogP contribution >= 0.6 is 0 Å². The van der Waals surface area contributed by atoms with E-state index in [9.17, 15) is 4.79 Å². The smallest absolute Gasteiger partial charge is 0.306 e. The molecule has 0 heterocycles. The zero-order valence-corrected chi connectivity index (χ0v) is 27.2. The minimum atomic E-state index is 0.0759. The molecule has 0 radical (unpaired) electrons. The highest BCUT2D eigenvalue weighted by Gasteiger charge is 2.60. The molecule has 0 bridgehead atoms. The molecule has 4 rings (SSSR count). The first kappa shape index (κ1) is 31.4. The van der Waals surface area contributed by atoms with Crippen LogP contribution in [0.2, 0.25) is 0 Å². The molecule has 0 N–H and O–H groups in total. The highest BCUT2D eigenvalue weighted by atomic mass is 16.5. The van der Waals surface area contributed by atoms with E-state index in [1.807, 2.05) is 0 Å². The summed E-state index contributed by atoms with van der Waals surface area (Å²) in [7, 11) is 0. The van der Waals surface area contributed by atoms with Crippen molar-refractivity contribution in [2.45, 2.75) is 170 Å². The number of hydrogen-bond donors (Lipinski definition) is 0. The minimum Gasteiger partial charge on any atom is -0.462 e. The van der Waals surface area contributed by atoms with Crippen molar-refractivity contribution < 1.29 is 9.53 Å². The molecule has 2 unspecified atom stereocenters. The summed E-state index contributed by atoms with van der Waals surface area (Å²) in [6, 6.07) is 0. The van der Waals surface area contributed by atoms with Gasteiger partial charge in [-0.25, -0.2) is 0 Å². The predicted octanol–water partition coefficient (Wildman–Crippen LogP) is 11.0. The van der Waals surface area contributed by atoms with Crippen LogP contribution in [0, 0.1) is 58.2 Å². The molecule has 0 saturated heterocycles. The van der Waals surface area contributed by atoms with Gasteiger partial charge in [-0.2, -0.15) is 0 Å². The molecule has 0 spiro atoms. The van der Waals surface area contributed by atoms with Gasteiger partial charge < -0.3 is 4.74 Å². The summed E-state index contributed by atoms with van der Waals surface area (Å²) in [5.74, 6) is 7.20. The molecule has 0 aromatic carbocycles. The average Bonchev–Trinajstić information content (AvgIpc) is 3.26. The molecule has 10 atom stereocenters. The van der Waals surface area contributed by atoms with Gasteiger partial charge in [-0.15, -0.1) is 0 Å². The Morgan fingerprint density at radius 3 is 2.26 bits per heavy atom. The van der Waals surface area contributed by atoms with Crippen molar-refractivity contribution in [1.82, 2.24) is 0 Å². The number of fused-ring (bicyclic) bond motifs is 5. The highest BCUT2D eigenvalue weighted by Crippen LogP contribution is 2.68. The second-order valence-corrected chi connectivity index (χ2v) is 15.9. The fraction of sp³-hybridized carbons (Fsp3) is 0.973. The van der Waals surface area contributed by atoms with Crippen LogP contribution in [-0.2, 0) is 9.53 Å². The minimum absolute atomic E-state index is 0.0759. The van der Waals surface area contributed by atoms with Gasteiger partial charge in [0.15, 0.2) is 0 Å². The van der Waals surface area contributed by atoms with E-state index in [2.05, 4.69) is 48.5 Å². The Labute approximate surface area is 243 Å². The number of rotatable bonds is 13. The van der Waals surface area contributed by atoms with Crippen LogP contribution in [0.4, 0.5) is 0 Å². The van der Waals surface area contributed by atoms with Gasteiger partial charge in [0.05, 0.1) is 0 Å². The third kappa shape index (κ3) is 6.77. The average molecular weight is 543 g/mol. The van der Waals surface area contributed by atoms with Gasteiger partial charge in [0.25, 0.3) is 0 Å². The molecular weight excluding hydrogens is 476 g/mol. The zero-order chi connectivity index (χ0) is 28.2. The van der Waals surface area contributed by atoms with Crippen molar-refractivity contribution in [3.8, 4) is 0 Å². The maximum absolute atomic E-state index is 12.6. The molecule has 0 amide bonds. The zero-order valence-electron chi connectivity index (χ0n) is 27.2. The Morgan fingerprint density at radius 2 is 1.54 bits per heavy atom. The second-order valence-electron chi connectivity index (χ2n) is 15.9. The summed E-state index contributed by atoms with van der Waals surface area (Å²) in [6.45, 7) is 17.5. The number of carbonyl (C=O) groups is 1. The molecule has 4 aliphatic carbocycles. The van der Waals surface area contributed by atoms with E-state index in [-0.39, 0.29) is 12.1 Å². The van der Waals surface area contributed by atoms with Crippen LogP contribution in [-0.4, -0.2) is 12.1 Å². The molecule has 0 aromatic rings. The summed E-state index contributed by atoms with van der Waals surface area (Å²) in [5, 5.41) is 0. The molecule has 2 heteroatoms. The topological polar surface area (TPSA) is 26.3 Å². The Kier molecular flexibility index (Phi) is 11.0. The van der Waals surface area contributed by atoms with Crippen LogP contribution in [0.5, 0.6) is 0 Å². The van der Waals surface area contributed by atoms with Gasteiger partial charge in [-0.05, 0) is 129 Å². The lowest BCUT2D eigenvalue weighted by atomic mass is 9.44. The normalized spacial score (nSPS) is 39.5. The van der Waals surface area contributed by atoms with Gasteiger partial charge in [0, 0.05) is 6.42 Å². The molecule has 226 valence electrons. The first-order chi connectivity index (χ1) is 18.6. The van der Waals surface area contributed by atoms with Crippen LogP contribution in [0.25, 0.3) is 0 Å². The fourth-order valence-corrected chi connectivity index (χ4v) is 11.1. The van der Waals surface area contributed by atoms with E-state index in [0.29, 0.717) is 17.3 Å². The van der Waals surface area contributed by atoms with E-state index < -0.39 is 0 Å². The van der Waals surface area contributed by atoms with Crippen LogP contribution in [0.3, 0.4) is 0 Å². The summed E-state index contributed by atoms with van der Waals surface area (Å²) in [6.07, 6.45) is 23.3. The SMILES string of the molecule is CCCCCCCC(=O)OC1CC[C@@]2(C)C(CC[C@H]3[C@@H]4CC[C@H]([C@H](C)CC[C@@H](CC)C(C)C)[C@@]4(C)CC[C@@H]32)C1. The molecular formula is C37H66O2. The number of unbranched alkanes of at least 4 members (excludes halogenated alkanes) is 4. The van der Waals surface area contributed by atoms with E-state index in [0.717, 1.165) is 66.6 Å². The van der Waals surface area contributed by atoms with Crippen molar-refractivity contribution in [2.24, 2.45) is 58.2 Å². The Balaban J connectivity index is 1.31. The van der Waals surface area contributed by atoms with Gasteiger partial charge >= 0.3 is 5.97 Å². The third-order valence-electron chi connectivity index (χ3n) is 13.6. The molecule has 4 fully saturated rings. The quantitative estimate of drug-likeness (QED) is 0.171. The summed E-state index contributed by atoms with van der Waals surface area (Å²) in [4.78, 5) is 12.6.